The van der Waals surface area contributed by atoms with Crippen molar-refractivity contribution >= 4 is 11.6 Å². The minimum Gasteiger partial charge on any atom is -0.314 e. The van der Waals surface area contributed by atoms with Crippen molar-refractivity contribution in [2.75, 3.05) is 26.2 Å². The fourth-order valence-corrected chi connectivity index (χ4v) is 2.52. The minimum absolute atomic E-state index is 0.492. The number of rotatable bonds is 4. The molecule has 2 rings (SSSR count). The molecule has 1 aliphatic rings. The lowest BCUT2D eigenvalue weighted by Gasteiger charge is -2.35. The van der Waals surface area contributed by atoms with Crippen molar-refractivity contribution in [1.82, 2.24) is 15.2 Å². The number of piperazine rings is 1. The quantitative estimate of drug-likeness (QED) is 0.836. The molecule has 1 N–H and O–H groups in total. The van der Waals surface area contributed by atoms with Gasteiger partial charge in [0.1, 0.15) is 5.15 Å². The third kappa shape index (κ3) is 3.41. The lowest BCUT2D eigenvalue weighted by molar-refractivity contribution is 0.164. The Morgan fingerprint density at radius 1 is 1.41 bits per heavy atom. The van der Waals surface area contributed by atoms with Crippen LogP contribution in [0.2, 0.25) is 5.15 Å². The standard InChI is InChI=1S/C13H20ClN3/c1-2-3-12(17-8-6-15-7-9-17)11-4-5-13(14)16-10-11/h4-5,10,12,15H,2-3,6-9H2,1H3/t12-/m0/s1. The van der Waals surface area contributed by atoms with Crippen LogP contribution < -0.4 is 5.32 Å². The van der Waals surface area contributed by atoms with Crippen LogP contribution in [0.3, 0.4) is 0 Å². The summed E-state index contributed by atoms with van der Waals surface area (Å²) in [5.41, 5.74) is 1.29. The Morgan fingerprint density at radius 2 is 2.18 bits per heavy atom. The summed E-state index contributed by atoms with van der Waals surface area (Å²) in [7, 11) is 0. The average molecular weight is 254 g/mol. The monoisotopic (exact) mass is 253 g/mol. The molecule has 1 aromatic heterocycles. The van der Waals surface area contributed by atoms with E-state index >= 15 is 0 Å². The Bertz CT molecular complexity index is 333. The molecule has 0 bridgehead atoms. The predicted molar refractivity (Wildman–Crippen MR) is 71.3 cm³/mol. The lowest BCUT2D eigenvalue weighted by atomic mass is 10.0. The van der Waals surface area contributed by atoms with E-state index in [-0.39, 0.29) is 0 Å². The highest BCUT2D eigenvalue weighted by molar-refractivity contribution is 6.29. The van der Waals surface area contributed by atoms with E-state index < -0.39 is 0 Å². The van der Waals surface area contributed by atoms with Crippen molar-refractivity contribution in [3.63, 3.8) is 0 Å². The van der Waals surface area contributed by atoms with Crippen LogP contribution in [-0.2, 0) is 0 Å². The summed E-state index contributed by atoms with van der Waals surface area (Å²) in [6, 6.07) is 4.49. The van der Waals surface area contributed by atoms with Gasteiger partial charge < -0.3 is 5.32 Å². The van der Waals surface area contributed by atoms with Gasteiger partial charge in [0.15, 0.2) is 0 Å². The molecule has 4 heteroatoms. The number of hydrogen-bond donors (Lipinski definition) is 1. The SMILES string of the molecule is CCC[C@@H](c1ccc(Cl)nc1)N1CCNCC1. The topological polar surface area (TPSA) is 28.2 Å². The third-order valence-electron chi connectivity index (χ3n) is 3.29. The van der Waals surface area contributed by atoms with Crippen molar-refractivity contribution in [3.8, 4) is 0 Å². The van der Waals surface area contributed by atoms with Gasteiger partial charge in [0.2, 0.25) is 0 Å². The molecule has 1 aliphatic heterocycles. The van der Waals surface area contributed by atoms with Gasteiger partial charge in [-0.05, 0) is 18.1 Å². The lowest BCUT2D eigenvalue weighted by Crippen LogP contribution is -2.45. The van der Waals surface area contributed by atoms with Gasteiger partial charge in [-0.1, -0.05) is 31.0 Å². The van der Waals surface area contributed by atoms with Crippen LogP contribution in [0.25, 0.3) is 0 Å². The van der Waals surface area contributed by atoms with Crippen LogP contribution in [0, 0.1) is 0 Å². The van der Waals surface area contributed by atoms with Gasteiger partial charge in [-0.15, -0.1) is 0 Å². The van der Waals surface area contributed by atoms with E-state index in [0.29, 0.717) is 11.2 Å². The van der Waals surface area contributed by atoms with Gasteiger partial charge in [0.05, 0.1) is 0 Å². The summed E-state index contributed by atoms with van der Waals surface area (Å²) < 4.78 is 0. The molecule has 0 amide bonds. The second kappa shape index (κ2) is 6.34. The Kier molecular flexibility index (Phi) is 4.77. The molecule has 17 heavy (non-hydrogen) atoms. The Balaban J connectivity index is 2.12. The zero-order chi connectivity index (χ0) is 12.1. The number of pyridine rings is 1. The summed E-state index contributed by atoms with van der Waals surface area (Å²) in [5, 5.41) is 3.97. The maximum Gasteiger partial charge on any atom is 0.129 e. The highest BCUT2D eigenvalue weighted by Crippen LogP contribution is 2.26. The summed E-state index contributed by atoms with van der Waals surface area (Å²) in [6.07, 6.45) is 4.30. The second-order valence-electron chi connectivity index (χ2n) is 4.50. The number of halogens is 1. The highest BCUT2D eigenvalue weighted by atomic mass is 35.5. The fourth-order valence-electron chi connectivity index (χ4n) is 2.41. The first kappa shape index (κ1) is 12.8. The van der Waals surface area contributed by atoms with E-state index in [2.05, 4.69) is 28.2 Å². The third-order valence-corrected chi connectivity index (χ3v) is 3.51. The minimum atomic E-state index is 0.492. The normalized spacial score (nSPS) is 19.2. The van der Waals surface area contributed by atoms with Crippen molar-refractivity contribution in [1.29, 1.82) is 0 Å². The molecule has 0 unspecified atom stereocenters. The van der Waals surface area contributed by atoms with Crippen LogP contribution >= 0.6 is 11.6 Å². The van der Waals surface area contributed by atoms with Gasteiger partial charge in [0, 0.05) is 38.4 Å². The highest BCUT2D eigenvalue weighted by Gasteiger charge is 2.21. The smallest absolute Gasteiger partial charge is 0.129 e. The molecule has 1 fully saturated rings. The molecule has 0 aliphatic carbocycles. The second-order valence-corrected chi connectivity index (χ2v) is 4.89. The van der Waals surface area contributed by atoms with Crippen LogP contribution in [-0.4, -0.2) is 36.1 Å². The van der Waals surface area contributed by atoms with Gasteiger partial charge in [-0.25, -0.2) is 4.98 Å². The summed E-state index contributed by atoms with van der Waals surface area (Å²) in [6.45, 7) is 6.64. The molecule has 0 spiro atoms. The molecule has 2 heterocycles. The predicted octanol–water partition coefficient (Wildman–Crippen LogP) is 2.48. The van der Waals surface area contributed by atoms with Gasteiger partial charge in [-0.3, -0.25) is 4.90 Å². The van der Waals surface area contributed by atoms with E-state index in [4.69, 9.17) is 11.6 Å². The first-order valence-corrected chi connectivity index (χ1v) is 6.75. The van der Waals surface area contributed by atoms with E-state index in [1.54, 1.807) is 0 Å². The summed E-state index contributed by atoms with van der Waals surface area (Å²) >= 11 is 5.84. The molecule has 1 aromatic rings. The zero-order valence-electron chi connectivity index (χ0n) is 10.3. The van der Waals surface area contributed by atoms with Crippen LogP contribution in [0.4, 0.5) is 0 Å². The Labute approximate surface area is 108 Å². The first-order valence-electron chi connectivity index (χ1n) is 6.37. The molecule has 94 valence electrons. The van der Waals surface area contributed by atoms with Crippen molar-refractivity contribution in [2.45, 2.75) is 25.8 Å². The maximum absolute atomic E-state index is 5.84. The van der Waals surface area contributed by atoms with Crippen molar-refractivity contribution in [2.24, 2.45) is 0 Å². The first-order chi connectivity index (χ1) is 8.31. The Hall–Kier alpha value is -0.640. The molecule has 0 radical (unpaired) electrons. The van der Waals surface area contributed by atoms with Gasteiger partial charge in [-0.2, -0.15) is 0 Å². The summed E-state index contributed by atoms with van der Waals surface area (Å²) in [5.74, 6) is 0. The van der Waals surface area contributed by atoms with Crippen LogP contribution in [0.5, 0.6) is 0 Å². The molecule has 1 atom stereocenters. The number of aromatic nitrogens is 1. The average Bonchev–Trinajstić information content (AvgIpc) is 2.38. The molecular formula is C13H20ClN3. The van der Waals surface area contributed by atoms with E-state index in [0.717, 1.165) is 26.2 Å². The van der Waals surface area contributed by atoms with E-state index in [9.17, 15) is 0 Å². The maximum atomic E-state index is 5.84. The van der Waals surface area contributed by atoms with Crippen molar-refractivity contribution in [3.05, 3.63) is 29.0 Å². The fraction of sp³-hybridized carbons (Fsp3) is 0.615. The van der Waals surface area contributed by atoms with E-state index in [1.165, 1.54) is 18.4 Å². The molecule has 3 nitrogen and oxygen atoms in total. The number of nitrogens with one attached hydrogen (secondary N) is 1. The molecule has 1 saturated heterocycles. The van der Waals surface area contributed by atoms with Crippen LogP contribution in [0.1, 0.15) is 31.4 Å². The van der Waals surface area contributed by atoms with E-state index in [1.807, 2.05) is 12.3 Å². The van der Waals surface area contributed by atoms with Gasteiger partial charge in [0.25, 0.3) is 0 Å². The Morgan fingerprint density at radius 3 is 2.76 bits per heavy atom. The molecular weight excluding hydrogens is 234 g/mol. The molecule has 0 saturated carbocycles. The zero-order valence-corrected chi connectivity index (χ0v) is 11.1. The summed E-state index contributed by atoms with van der Waals surface area (Å²) in [4.78, 5) is 6.75. The largest absolute Gasteiger partial charge is 0.314 e. The molecule has 0 aromatic carbocycles. The van der Waals surface area contributed by atoms with Gasteiger partial charge >= 0.3 is 0 Å². The van der Waals surface area contributed by atoms with Crippen molar-refractivity contribution < 1.29 is 0 Å². The number of hydrogen-bond acceptors (Lipinski definition) is 3. The number of nitrogens with zero attached hydrogens (tertiary/aromatic N) is 2. The van der Waals surface area contributed by atoms with Crippen LogP contribution in [0.15, 0.2) is 18.3 Å².